The molecular formula is C27H29N5. The Hall–Kier alpha value is -3.18. The third-order valence-electron chi connectivity index (χ3n) is 7.03. The van der Waals surface area contributed by atoms with Crippen LogP contribution < -0.4 is 10.2 Å². The highest BCUT2D eigenvalue weighted by molar-refractivity contribution is 5.84. The summed E-state index contributed by atoms with van der Waals surface area (Å²) >= 11 is 0. The number of anilines is 1. The van der Waals surface area contributed by atoms with E-state index in [0.717, 1.165) is 36.7 Å². The van der Waals surface area contributed by atoms with Crippen LogP contribution >= 0.6 is 0 Å². The van der Waals surface area contributed by atoms with Crippen LogP contribution in [0.15, 0.2) is 42.7 Å². The summed E-state index contributed by atoms with van der Waals surface area (Å²) in [6, 6.07) is 11.9. The third-order valence-corrected chi connectivity index (χ3v) is 7.03. The SMILES string of the molecule is Cc1cc(N2Cc3cc(-c4cnc5[nH]cc(C)c5c4)cc([C@@H]4CCCN4)c3C2)cc(C)n1. The fraction of sp³-hybridized carbons (Fsp3) is 0.333. The zero-order valence-corrected chi connectivity index (χ0v) is 19.0. The van der Waals surface area contributed by atoms with Gasteiger partial charge in [0.15, 0.2) is 0 Å². The van der Waals surface area contributed by atoms with Gasteiger partial charge in [-0.15, -0.1) is 0 Å². The molecule has 2 N–H and O–H groups in total. The van der Waals surface area contributed by atoms with Crippen molar-refractivity contribution in [2.75, 3.05) is 11.4 Å². The minimum absolute atomic E-state index is 0.440. The number of benzene rings is 1. The zero-order valence-electron chi connectivity index (χ0n) is 19.0. The molecule has 0 saturated carbocycles. The highest BCUT2D eigenvalue weighted by atomic mass is 15.1. The van der Waals surface area contributed by atoms with Gasteiger partial charge >= 0.3 is 0 Å². The molecule has 0 aliphatic carbocycles. The van der Waals surface area contributed by atoms with Gasteiger partial charge in [0.25, 0.3) is 0 Å². The van der Waals surface area contributed by atoms with Crippen LogP contribution in [0.5, 0.6) is 0 Å². The molecule has 0 amide bonds. The number of nitrogens with one attached hydrogen (secondary N) is 2. The number of nitrogens with zero attached hydrogens (tertiary/aromatic N) is 3. The van der Waals surface area contributed by atoms with Crippen molar-refractivity contribution in [2.24, 2.45) is 0 Å². The van der Waals surface area contributed by atoms with Crippen molar-refractivity contribution in [1.29, 1.82) is 0 Å². The maximum absolute atomic E-state index is 4.69. The first-order valence-electron chi connectivity index (χ1n) is 11.6. The predicted molar refractivity (Wildman–Crippen MR) is 130 cm³/mol. The van der Waals surface area contributed by atoms with Gasteiger partial charge in [-0.3, -0.25) is 4.98 Å². The van der Waals surface area contributed by atoms with Gasteiger partial charge in [0.1, 0.15) is 5.65 Å². The summed E-state index contributed by atoms with van der Waals surface area (Å²) in [5.41, 5.74) is 12.5. The quantitative estimate of drug-likeness (QED) is 0.457. The Bertz CT molecular complexity index is 1310. The fourth-order valence-corrected chi connectivity index (χ4v) is 5.44. The van der Waals surface area contributed by atoms with E-state index in [1.54, 1.807) is 0 Å². The predicted octanol–water partition coefficient (Wildman–Crippen LogP) is 5.49. The number of hydrogen-bond donors (Lipinski definition) is 2. The molecule has 3 aromatic heterocycles. The number of aromatic nitrogens is 3. The molecule has 2 aliphatic heterocycles. The lowest BCUT2D eigenvalue weighted by molar-refractivity contribution is 0.641. The number of hydrogen-bond acceptors (Lipinski definition) is 4. The lowest BCUT2D eigenvalue weighted by Gasteiger charge is -2.20. The highest BCUT2D eigenvalue weighted by Crippen LogP contribution is 2.39. The number of aryl methyl sites for hydroxylation is 3. The van der Waals surface area contributed by atoms with E-state index in [1.165, 1.54) is 57.3 Å². The second-order valence-electron chi connectivity index (χ2n) is 9.41. The Morgan fingerprint density at radius 1 is 0.969 bits per heavy atom. The van der Waals surface area contributed by atoms with Crippen LogP contribution in [0.1, 0.15) is 52.5 Å². The van der Waals surface area contributed by atoms with Crippen molar-refractivity contribution in [2.45, 2.75) is 52.7 Å². The van der Waals surface area contributed by atoms with Gasteiger partial charge in [0.05, 0.1) is 0 Å². The second-order valence-corrected chi connectivity index (χ2v) is 9.41. The summed E-state index contributed by atoms with van der Waals surface area (Å²) in [6.07, 6.45) is 6.49. The van der Waals surface area contributed by atoms with Crippen LogP contribution in [0, 0.1) is 20.8 Å². The molecule has 0 bridgehead atoms. The molecule has 0 unspecified atom stereocenters. The summed E-state index contributed by atoms with van der Waals surface area (Å²) in [6.45, 7) is 9.30. The molecule has 1 aromatic carbocycles. The molecule has 6 rings (SSSR count). The molecule has 162 valence electrons. The molecule has 5 nitrogen and oxygen atoms in total. The van der Waals surface area contributed by atoms with E-state index in [1.807, 2.05) is 12.4 Å². The third kappa shape index (κ3) is 3.28. The lowest BCUT2D eigenvalue weighted by Crippen LogP contribution is -2.17. The Kier molecular flexibility index (Phi) is 4.54. The van der Waals surface area contributed by atoms with Gasteiger partial charge in [-0.05, 0) is 98.3 Å². The molecule has 5 heterocycles. The highest BCUT2D eigenvalue weighted by Gasteiger charge is 2.28. The van der Waals surface area contributed by atoms with Crippen molar-refractivity contribution < 1.29 is 0 Å². The Labute approximate surface area is 188 Å². The Morgan fingerprint density at radius 2 is 1.81 bits per heavy atom. The van der Waals surface area contributed by atoms with Crippen LogP contribution in [0.25, 0.3) is 22.2 Å². The van der Waals surface area contributed by atoms with Crippen LogP contribution in [0.3, 0.4) is 0 Å². The van der Waals surface area contributed by atoms with E-state index in [2.05, 4.69) is 71.3 Å². The van der Waals surface area contributed by atoms with Crippen molar-refractivity contribution in [1.82, 2.24) is 20.3 Å². The summed E-state index contributed by atoms with van der Waals surface area (Å²) in [5, 5.41) is 4.94. The standard InChI is InChI=1S/C27H29N5/c1-16-12-29-27-23(16)11-20(13-30-27)19-9-21-14-32(22-7-17(2)31-18(3)8-22)15-25(21)24(10-19)26-5-4-6-28-26/h7-13,26,28H,4-6,14-15H2,1-3H3,(H,29,30)/t26-/m0/s1. The maximum atomic E-state index is 4.69. The molecule has 1 saturated heterocycles. The monoisotopic (exact) mass is 423 g/mol. The molecule has 1 atom stereocenters. The zero-order chi connectivity index (χ0) is 21.8. The van der Waals surface area contributed by atoms with E-state index in [4.69, 9.17) is 4.98 Å². The second kappa shape index (κ2) is 7.45. The van der Waals surface area contributed by atoms with Crippen LogP contribution in [0.4, 0.5) is 5.69 Å². The van der Waals surface area contributed by atoms with E-state index in [0.29, 0.717) is 6.04 Å². The molecule has 0 spiro atoms. The summed E-state index contributed by atoms with van der Waals surface area (Å²) in [4.78, 5) is 15.0. The average molecular weight is 424 g/mol. The van der Waals surface area contributed by atoms with E-state index >= 15 is 0 Å². The summed E-state index contributed by atoms with van der Waals surface area (Å²) in [7, 11) is 0. The number of aromatic amines is 1. The van der Waals surface area contributed by atoms with Gasteiger partial charge in [-0.25, -0.2) is 4.98 Å². The van der Waals surface area contributed by atoms with Gasteiger partial charge in [0, 0.05) is 59.5 Å². The van der Waals surface area contributed by atoms with Crippen LogP contribution in [-0.4, -0.2) is 21.5 Å². The first kappa shape index (κ1) is 19.5. The summed E-state index contributed by atoms with van der Waals surface area (Å²) in [5.74, 6) is 0. The van der Waals surface area contributed by atoms with Crippen molar-refractivity contribution in [3.05, 3.63) is 76.4 Å². The molecule has 5 heteroatoms. The van der Waals surface area contributed by atoms with Crippen molar-refractivity contribution in [3.63, 3.8) is 0 Å². The van der Waals surface area contributed by atoms with Crippen LogP contribution in [0.2, 0.25) is 0 Å². The van der Waals surface area contributed by atoms with Gasteiger partial charge < -0.3 is 15.2 Å². The molecule has 2 aliphatic rings. The van der Waals surface area contributed by atoms with Gasteiger partial charge in [-0.1, -0.05) is 0 Å². The number of rotatable bonds is 3. The fourth-order valence-electron chi connectivity index (χ4n) is 5.44. The van der Waals surface area contributed by atoms with E-state index < -0.39 is 0 Å². The largest absolute Gasteiger partial charge is 0.363 e. The first-order valence-corrected chi connectivity index (χ1v) is 11.6. The molecule has 0 radical (unpaired) electrons. The average Bonchev–Trinajstić information content (AvgIpc) is 3.52. The normalized spacial score (nSPS) is 18.0. The number of H-pyrrole nitrogens is 1. The Morgan fingerprint density at radius 3 is 2.59 bits per heavy atom. The number of pyridine rings is 2. The lowest BCUT2D eigenvalue weighted by atomic mass is 9.91. The van der Waals surface area contributed by atoms with Crippen molar-refractivity contribution in [3.8, 4) is 11.1 Å². The van der Waals surface area contributed by atoms with E-state index in [-0.39, 0.29) is 0 Å². The van der Waals surface area contributed by atoms with Crippen LogP contribution in [-0.2, 0) is 13.1 Å². The molecular weight excluding hydrogens is 394 g/mol. The first-order chi connectivity index (χ1) is 15.5. The molecule has 32 heavy (non-hydrogen) atoms. The minimum Gasteiger partial charge on any atom is -0.363 e. The van der Waals surface area contributed by atoms with Crippen molar-refractivity contribution >= 4 is 16.7 Å². The van der Waals surface area contributed by atoms with Gasteiger partial charge in [-0.2, -0.15) is 0 Å². The molecule has 1 fully saturated rings. The number of fused-ring (bicyclic) bond motifs is 2. The maximum Gasteiger partial charge on any atom is 0.137 e. The Balaban J connectivity index is 1.45. The smallest absolute Gasteiger partial charge is 0.137 e. The van der Waals surface area contributed by atoms with E-state index in [9.17, 15) is 0 Å². The van der Waals surface area contributed by atoms with Gasteiger partial charge in [0.2, 0.25) is 0 Å². The molecule has 4 aromatic rings. The topological polar surface area (TPSA) is 56.8 Å². The summed E-state index contributed by atoms with van der Waals surface area (Å²) < 4.78 is 0. The minimum atomic E-state index is 0.440.